The molecule has 0 saturated carbocycles. The van der Waals surface area contributed by atoms with E-state index in [1.54, 1.807) is 11.8 Å². The molecule has 0 aliphatic carbocycles. The lowest BCUT2D eigenvalue weighted by Crippen LogP contribution is -2.23. The van der Waals surface area contributed by atoms with Gasteiger partial charge in [0.25, 0.3) is 0 Å². The van der Waals surface area contributed by atoms with E-state index in [0.29, 0.717) is 6.54 Å². The highest BCUT2D eigenvalue weighted by atomic mass is 32.2. The van der Waals surface area contributed by atoms with E-state index in [4.69, 9.17) is 0 Å². The van der Waals surface area contributed by atoms with Crippen LogP contribution >= 0.6 is 11.8 Å². The van der Waals surface area contributed by atoms with Crippen molar-refractivity contribution < 1.29 is 0 Å². The Morgan fingerprint density at radius 1 is 0.962 bits per heavy atom. The van der Waals surface area contributed by atoms with Crippen LogP contribution in [0.4, 0.5) is 0 Å². The van der Waals surface area contributed by atoms with Crippen LogP contribution in [0.5, 0.6) is 0 Å². The Kier molecular flexibility index (Phi) is 4.43. The minimum absolute atomic E-state index is 0.00200. The second-order valence-electron chi connectivity index (χ2n) is 6.15. The van der Waals surface area contributed by atoms with E-state index in [1.165, 1.54) is 10.8 Å². The van der Waals surface area contributed by atoms with Crippen LogP contribution in [0.15, 0.2) is 76.9 Å². The number of para-hydroxylation sites is 2. The Morgan fingerprint density at radius 2 is 1.65 bits per heavy atom. The van der Waals surface area contributed by atoms with Crippen molar-refractivity contribution in [1.82, 2.24) is 9.13 Å². The number of thioether (sulfide) groups is 1. The van der Waals surface area contributed by atoms with E-state index in [2.05, 4.69) is 35.7 Å². The molecule has 4 rings (SSSR count). The molecule has 0 bridgehead atoms. The number of aryl methyl sites for hydroxylation is 1. The second-order valence-corrected chi connectivity index (χ2v) is 6.86. The largest absolute Gasteiger partial charge is 0.333 e. The smallest absolute Gasteiger partial charge is 0.292 e. The van der Waals surface area contributed by atoms with Crippen LogP contribution in [0.2, 0.25) is 0 Å². The zero-order valence-corrected chi connectivity index (χ0v) is 15.7. The van der Waals surface area contributed by atoms with Gasteiger partial charge in [0.1, 0.15) is 0 Å². The Balaban J connectivity index is 2.01. The van der Waals surface area contributed by atoms with Crippen LogP contribution in [0, 0.1) is 0 Å². The van der Waals surface area contributed by atoms with Gasteiger partial charge >= 0.3 is 5.69 Å². The highest BCUT2D eigenvalue weighted by Crippen LogP contribution is 2.26. The summed E-state index contributed by atoms with van der Waals surface area (Å²) in [6.07, 6.45) is 2.02. The van der Waals surface area contributed by atoms with Crippen LogP contribution in [0.3, 0.4) is 0 Å². The number of aromatic nitrogens is 2. The maximum atomic E-state index is 13.1. The number of hydrogen-bond donors (Lipinski definition) is 0. The van der Waals surface area contributed by atoms with E-state index in [-0.39, 0.29) is 5.69 Å². The van der Waals surface area contributed by atoms with Gasteiger partial charge < -0.3 is 0 Å². The van der Waals surface area contributed by atoms with Gasteiger partial charge in [-0.2, -0.15) is 0 Å². The van der Waals surface area contributed by atoms with Gasteiger partial charge in [-0.15, -0.1) is 11.8 Å². The van der Waals surface area contributed by atoms with Crippen molar-refractivity contribution in [1.29, 1.82) is 0 Å². The zero-order chi connectivity index (χ0) is 18.1. The van der Waals surface area contributed by atoms with E-state index in [1.807, 2.05) is 58.7 Å². The van der Waals surface area contributed by atoms with Crippen LogP contribution in [0.25, 0.3) is 27.5 Å². The van der Waals surface area contributed by atoms with Gasteiger partial charge in [0.15, 0.2) is 0 Å². The van der Waals surface area contributed by atoms with Crippen LogP contribution < -0.4 is 5.69 Å². The molecule has 3 nitrogen and oxygen atoms in total. The number of imidazole rings is 1. The van der Waals surface area contributed by atoms with E-state index in [9.17, 15) is 4.79 Å². The zero-order valence-electron chi connectivity index (χ0n) is 14.8. The quantitative estimate of drug-likeness (QED) is 0.501. The average molecular weight is 360 g/mol. The first-order valence-electron chi connectivity index (χ1n) is 8.67. The molecule has 0 atom stereocenters. The predicted molar refractivity (Wildman–Crippen MR) is 113 cm³/mol. The molecule has 0 amide bonds. The summed E-state index contributed by atoms with van der Waals surface area (Å²) in [5.41, 5.74) is 3.86. The Labute approximate surface area is 156 Å². The lowest BCUT2D eigenvalue weighted by Gasteiger charge is -2.11. The summed E-state index contributed by atoms with van der Waals surface area (Å²) in [5.74, 6) is 0. The molecule has 0 aliphatic rings. The number of benzene rings is 3. The Hall–Kier alpha value is -2.72. The van der Waals surface area contributed by atoms with E-state index in [0.717, 1.165) is 22.3 Å². The molecule has 0 N–H and O–H groups in total. The fourth-order valence-electron chi connectivity index (χ4n) is 3.46. The monoisotopic (exact) mass is 360 g/mol. The highest BCUT2D eigenvalue weighted by molar-refractivity contribution is 8.01. The van der Waals surface area contributed by atoms with Crippen molar-refractivity contribution in [3.05, 3.63) is 88.2 Å². The maximum absolute atomic E-state index is 13.1. The van der Waals surface area contributed by atoms with Gasteiger partial charge in [-0.1, -0.05) is 48.5 Å². The molecule has 0 unspecified atom stereocenters. The lowest BCUT2D eigenvalue weighted by atomic mass is 10.1. The first-order valence-corrected chi connectivity index (χ1v) is 9.96. The van der Waals surface area contributed by atoms with Crippen molar-refractivity contribution in [3.8, 4) is 0 Å². The lowest BCUT2D eigenvalue weighted by molar-refractivity contribution is 0.737. The van der Waals surface area contributed by atoms with Crippen molar-refractivity contribution in [2.75, 3.05) is 6.26 Å². The Morgan fingerprint density at radius 3 is 2.38 bits per heavy atom. The first-order chi connectivity index (χ1) is 12.7. The fourth-order valence-corrected chi connectivity index (χ4v) is 3.92. The third kappa shape index (κ3) is 2.67. The Bertz CT molecular complexity index is 1180. The topological polar surface area (TPSA) is 26.9 Å². The maximum Gasteiger partial charge on any atom is 0.333 e. The number of nitrogens with zero attached hydrogens (tertiary/aromatic N) is 2. The van der Waals surface area contributed by atoms with Crippen LogP contribution in [0.1, 0.15) is 12.5 Å². The van der Waals surface area contributed by atoms with Crippen molar-refractivity contribution in [2.45, 2.75) is 13.5 Å². The molecule has 1 aromatic heterocycles. The van der Waals surface area contributed by atoms with Crippen LogP contribution in [-0.2, 0) is 6.54 Å². The standard InChI is InChI=1S/C22H20N2OS/c1-3-23-19-10-6-7-11-20(19)24(22(23)25)21(15-26-2)18-13-12-16-8-4-5-9-17(16)14-18/h4-15H,3H2,1-2H3/b21-15+. The molecule has 0 saturated heterocycles. The molecular weight excluding hydrogens is 340 g/mol. The third-order valence-electron chi connectivity index (χ3n) is 4.67. The summed E-state index contributed by atoms with van der Waals surface area (Å²) < 4.78 is 3.66. The molecule has 26 heavy (non-hydrogen) atoms. The first kappa shape index (κ1) is 16.7. The molecule has 4 aromatic rings. The molecule has 0 radical (unpaired) electrons. The van der Waals surface area contributed by atoms with Crippen molar-refractivity contribution >= 4 is 39.3 Å². The molecule has 0 spiro atoms. The fraction of sp³-hybridized carbons (Fsp3) is 0.136. The third-order valence-corrected chi connectivity index (χ3v) is 5.13. The van der Waals surface area contributed by atoms with Gasteiger partial charge in [-0.05, 0) is 53.1 Å². The summed E-state index contributed by atoms with van der Waals surface area (Å²) in [6.45, 7) is 2.66. The minimum atomic E-state index is 0.00200. The molecular formula is C22H20N2OS. The molecule has 4 heteroatoms. The second kappa shape index (κ2) is 6.89. The van der Waals surface area contributed by atoms with Gasteiger partial charge in [0, 0.05) is 6.54 Å². The summed E-state index contributed by atoms with van der Waals surface area (Å²) in [5, 5.41) is 4.42. The minimum Gasteiger partial charge on any atom is -0.292 e. The number of rotatable bonds is 4. The highest BCUT2D eigenvalue weighted by Gasteiger charge is 2.16. The normalized spacial score (nSPS) is 12.2. The SMILES string of the molecule is CCn1c(=O)n(/C(=C/SC)c2ccc3ccccc3c2)c2ccccc21. The summed E-state index contributed by atoms with van der Waals surface area (Å²) in [4.78, 5) is 13.1. The molecule has 0 fully saturated rings. The number of hydrogen-bond acceptors (Lipinski definition) is 2. The van der Waals surface area contributed by atoms with E-state index < -0.39 is 0 Å². The van der Waals surface area contributed by atoms with E-state index >= 15 is 0 Å². The molecule has 1 heterocycles. The van der Waals surface area contributed by atoms with Gasteiger partial charge in [0.2, 0.25) is 0 Å². The van der Waals surface area contributed by atoms with Crippen LogP contribution in [-0.4, -0.2) is 15.4 Å². The van der Waals surface area contributed by atoms with Gasteiger partial charge in [-0.3, -0.25) is 9.13 Å². The van der Waals surface area contributed by atoms with Crippen molar-refractivity contribution in [3.63, 3.8) is 0 Å². The van der Waals surface area contributed by atoms with Gasteiger partial charge in [0.05, 0.1) is 16.7 Å². The number of fused-ring (bicyclic) bond motifs is 2. The molecule has 3 aromatic carbocycles. The predicted octanol–water partition coefficient (Wildman–Crippen LogP) is 5.19. The molecule has 130 valence electrons. The molecule has 0 aliphatic heterocycles. The van der Waals surface area contributed by atoms with Crippen molar-refractivity contribution in [2.24, 2.45) is 0 Å². The summed E-state index contributed by atoms with van der Waals surface area (Å²) in [7, 11) is 0. The average Bonchev–Trinajstić information content (AvgIpc) is 2.97. The van der Waals surface area contributed by atoms with Gasteiger partial charge in [-0.25, -0.2) is 4.79 Å². The summed E-state index contributed by atoms with van der Waals surface area (Å²) >= 11 is 1.61. The summed E-state index contributed by atoms with van der Waals surface area (Å²) in [6, 6.07) is 22.6.